The van der Waals surface area contributed by atoms with Gasteiger partial charge in [0.25, 0.3) is 0 Å². The van der Waals surface area contributed by atoms with Crippen molar-refractivity contribution in [3.8, 4) is 0 Å². The molecule has 1 unspecified atom stereocenters. The van der Waals surface area contributed by atoms with Crippen LogP contribution in [0.15, 0.2) is 53.0 Å². The molecule has 5 heteroatoms. The third-order valence-electron chi connectivity index (χ3n) is 5.73. The van der Waals surface area contributed by atoms with Crippen LogP contribution in [0.4, 0.5) is 11.4 Å². The van der Waals surface area contributed by atoms with Gasteiger partial charge in [-0.3, -0.25) is 14.5 Å². The molecule has 1 aromatic heterocycles. The summed E-state index contributed by atoms with van der Waals surface area (Å²) in [4.78, 5) is 29.8. The van der Waals surface area contributed by atoms with Gasteiger partial charge < -0.3 is 5.32 Å². The fourth-order valence-electron chi connectivity index (χ4n) is 4.43. The van der Waals surface area contributed by atoms with Crippen LogP contribution in [-0.4, -0.2) is 11.7 Å². The van der Waals surface area contributed by atoms with E-state index in [1.807, 2.05) is 46.7 Å². The van der Waals surface area contributed by atoms with Crippen molar-refractivity contribution >= 4 is 34.4 Å². The zero-order valence-electron chi connectivity index (χ0n) is 17.3. The van der Waals surface area contributed by atoms with Crippen molar-refractivity contribution in [2.75, 3.05) is 10.2 Å². The molecule has 2 aromatic rings. The van der Waals surface area contributed by atoms with Gasteiger partial charge in [-0.1, -0.05) is 45.4 Å². The Hall–Kier alpha value is -2.40. The number of ketones is 1. The molecule has 1 aliphatic carbocycles. The Bertz CT molecular complexity index is 959. The Morgan fingerprint density at radius 1 is 1.21 bits per heavy atom. The molecule has 1 aromatic carbocycles. The number of nitrogens with zero attached hydrogens (tertiary/aromatic N) is 1. The number of carbonyl (C=O) groups excluding carboxylic acids is 2. The minimum absolute atomic E-state index is 0.0749. The number of nitrogens with one attached hydrogen (secondary N) is 1. The summed E-state index contributed by atoms with van der Waals surface area (Å²) >= 11 is 1.61. The summed E-state index contributed by atoms with van der Waals surface area (Å²) in [6, 6.07) is 11.6. The maximum absolute atomic E-state index is 13.5. The largest absolute Gasteiger partial charge is 0.357 e. The molecular weight excluding hydrogens is 380 g/mol. The number of hydrogen-bond donors (Lipinski definition) is 1. The molecule has 0 saturated carbocycles. The van der Waals surface area contributed by atoms with Crippen molar-refractivity contribution in [3.05, 3.63) is 57.9 Å². The Labute approximate surface area is 176 Å². The summed E-state index contributed by atoms with van der Waals surface area (Å²) in [6.07, 6.45) is 3.58. The molecule has 0 fully saturated rings. The normalized spacial score (nSPS) is 20.6. The first kappa shape index (κ1) is 19.9. The number of carbonyl (C=O) groups is 2. The summed E-state index contributed by atoms with van der Waals surface area (Å²) in [7, 11) is 0. The fourth-order valence-corrected chi connectivity index (χ4v) is 5.25. The van der Waals surface area contributed by atoms with E-state index in [1.54, 1.807) is 11.3 Å². The van der Waals surface area contributed by atoms with E-state index in [1.165, 1.54) is 0 Å². The summed E-state index contributed by atoms with van der Waals surface area (Å²) < 4.78 is 0. The molecule has 4 nitrogen and oxygen atoms in total. The number of unbranched alkanes of at least 4 members (excludes halogenated alkanes) is 1. The van der Waals surface area contributed by atoms with Gasteiger partial charge in [-0.25, -0.2) is 0 Å². The van der Waals surface area contributed by atoms with Crippen LogP contribution in [0.3, 0.4) is 0 Å². The Balaban J connectivity index is 1.94. The van der Waals surface area contributed by atoms with Gasteiger partial charge >= 0.3 is 0 Å². The standard InChI is InChI=1S/C24H28N2O2S/c1-4-5-12-21(28)26-18-10-7-6-9-16(18)25-17-14-24(2,3)15-19(27)22(17)23(26)20-11-8-13-29-20/h6-11,13,23,25H,4-5,12,14-15H2,1-3H3. The number of allylic oxidation sites excluding steroid dienone is 1. The molecule has 29 heavy (non-hydrogen) atoms. The lowest BCUT2D eigenvalue weighted by Gasteiger charge is -2.36. The lowest BCUT2D eigenvalue weighted by molar-refractivity contribution is -0.119. The number of amides is 1. The van der Waals surface area contributed by atoms with E-state index < -0.39 is 0 Å². The predicted molar refractivity (Wildman–Crippen MR) is 119 cm³/mol. The highest BCUT2D eigenvalue weighted by Crippen LogP contribution is 2.49. The number of anilines is 2. The smallest absolute Gasteiger partial charge is 0.227 e. The monoisotopic (exact) mass is 408 g/mol. The molecule has 1 atom stereocenters. The van der Waals surface area contributed by atoms with Crippen molar-refractivity contribution in [1.29, 1.82) is 0 Å². The van der Waals surface area contributed by atoms with Crippen LogP contribution in [0.2, 0.25) is 0 Å². The van der Waals surface area contributed by atoms with E-state index in [0.717, 1.165) is 46.8 Å². The molecule has 1 amide bonds. The average molecular weight is 409 g/mol. The molecule has 0 radical (unpaired) electrons. The van der Waals surface area contributed by atoms with E-state index in [9.17, 15) is 9.59 Å². The number of thiophene rings is 1. The number of Topliss-reactive ketones (excluding diaryl/α,β-unsaturated/α-hetero) is 1. The second-order valence-corrected chi connectivity index (χ2v) is 9.74. The van der Waals surface area contributed by atoms with Gasteiger partial charge in [-0.2, -0.15) is 0 Å². The zero-order chi connectivity index (χ0) is 20.6. The van der Waals surface area contributed by atoms with Gasteiger partial charge in [-0.15, -0.1) is 11.3 Å². The second-order valence-electron chi connectivity index (χ2n) is 8.76. The minimum atomic E-state index is -0.367. The van der Waals surface area contributed by atoms with Crippen LogP contribution in [0.25, 0.3) is 0 Å². The van der Waals surface area contributed by atoms with Crippen molar-refractivity contribution in [1.82, 2.24) is 0 Å². The van der Waals surface area contributed by atoms with Crippen LogP contribution in [0, 0.1) is 5.41 Å². The minimum Gasteiger partial charge on any atom is -0.357 e. The Morgan fingerprint density at radius 2 is 2.00 bits per heavy atom. The number of fused-ring (bicyclic) bond motifs is 1. The Morgan fingerprint density at radius 3 is 2.72 bits per heavy atom. The van der Waals surface area contributed by atoms with Crippen LogP contribution in [0.5, 0.6) is 0 Å². The molecule has 2 heterocycles. The predicted octanol–water partition coefficient (Wildman–Crippen LogP) is 6.08. The lowest BCUT2D eigenvalue weighted by Crippen LogP contribution is -2.39. The first-order valence-corrected chi connectivity index (χ1v) is 11.3. The van der Waals surface area contributed by atoms with E-state index >= 15 is 0 Å². The maximum Gasteiger partial charge on any atom is 0.227 e. The molecule has 0 saturated heterocycles. The first-order chi connectivity index (χ1) is 13.9. The number of benzene rings is 1. The summed E-state index contributed by atoms with van der Waals surface area (Å²) in [6.45, 7) is 6.37. The van der Waals surface area contributed by atoms with Gasteiger partial charge in [0.15, 0.2) is 5.78 Å². The first-order valence-electron chi connectivity index (χ1n) is 10.4. The van der Waals surface area contributed by atoms with Gasteiger partial charge in [-0.05, 0) is 41.8 Å². The molecule has 0 spiro atoms. The Kier molecular flexibility index (Phi) is 5.34. The second kappa shape index (κ2) is 7.79. The third-order valence-corrected chi connectivity index (χ3v) is 6.65. The molecule has 152 valence electrons. The summed E-state index contributed by atoms with van der Waals surface area (Å²) in [5, 5.41) is 5.57. The summed E-state index contributed by atoms with van der Waals surface area (Å²) in [5.41, 5.74) is 3.37. The van der Waals surface area contributed by atoms with Crippen molar-refractivity contribution < 1.29 is 9.59 Å². The van der Waals surface area contributed by atoms with Gasteiger partial charge in [0, 0.05) is 29.0 Å². The number of para-hydroxylation sites is 2. The van der Waals surface area contributed by atoms with E-state index in [0.29, 0.717) is 12.8 Å². The van der Waals surface area contributed by atoms with Crippen LogP contribution in [-0.2, 0) is 9.59 Å². The lowest BCUT2D eigenvalue weighted by atomic mass is 9.74. The van der Waals surface area contributed by atoms with Crippen LogP contribution >= 0.6 is 11.3 Å². The zero-order valence-corrected chi connectivity index (χ0v) is 18.1. The average Bonchev–Trinajstić information content (AvgIpc) is 3.15. The maximum atomic E-state index is 13.5. The quantitative estimate of drug-likeness (QED) is 0.667. The van der Waals surface area contributed by atoms with Crippen molar-refractivity contribution in [2.24, 2.45) is 5.41 Å². The number of rotatable bonds is 4. The van der Waals surface area contributed by atoms with Crippen molar-refractivity contribution in [3.63, 3.8) is 0 Å². The van der Waals surface area contributed by atoms with E-state index in [4.69, 9.17) is 0 Å². The fraction of sp³-hybridized carbons (Fsp3) is 0.417. The topological polar surface area (TPSA) is 49.4 Å². The molecule has 1 aliphatic heterocycles. The van der Waals surface area contributed by atoms with Gasteiger partial charge in [0.05, 0.1) is 11.4 Å². The van der Waals surface area contributed by atoms with Crippen LogP contribution < -0.4 is 10.2 Å². The molecular formula is C24H28N2O2S. The molecule has 2 aliphatic rings. The van der Waals surface area contributed by atoms with Gasteiger partial charge in [0.1, 0.15) is 6.04 Å². The van der Waals surface area contributed by atoms with E-state index in [2.05, 4.69) is 26.1 Å². The van der Waals surface area contributed by atoms with Crippen LogP contribution in [0.1, 0.15) is 63.8 Å². The molecule has 1 N–H and O–H groups in total. The number of hydrogen-bond acceptors (Lipinski definition) is 4. The van der Waals surface area contributed by atoms with E-state index in [-0.39, 0.29) is 23.1 Å². The SMILES string of the molecule is CCCCC(=O)N1c2ccccc2NC2=C(C(=O)CC(C)(C)C2)C1c1cccs1. The van der Waals surface area contributed by atoms with Gasteiger partial charge in [0.2, 0.25) is 5.91 Å². The molecule has 4 rings (SSSR count). The molecule has 0 bridgehead atoms. The third kappa shape index (κ3) is 3.76. The summed E-state index contributed by atoms with van der Waals surface area (Å²) in [5.74, 6) is 0.217. The highest BCUT2D eigenvalue weighted by molar-refractivity contribution is 7.10. The van der Waals surface area contributed by atoms with Crippen molar-refractivity contribution in [2.45, 2.75) is 58.9 Å². The highest BCUT2D eigenvalue weighted by atomic mass is 32.1. The highest BCUT2D eigenvalue weighted by Gasteiger charge is 2.43.